The Balaban J connectivity index is 1.96. The molecule has 0 N–H and O–H groups in total. The van der Waals surface area contributed by atoms with Crippen LogP contribution in [-0.4, -0.2) is 37.1 Å². The highest BCUT2D eigenvalue weighted by atomic mass is 19.4. The van der Waals surface area contributed by atoms with Crippen LogP contribution in [0.1, 0.15) is 12.0 Å². The number of benzene rings is 1. The van der Waals surface area contributed by atoms with E-state index >= 15 is 0 Å². The second kappa shape index (κ2) is 6.34. The molecule has 7 heteroatoms. The lowest BCUT2D eigenvalue weighted by Gasteiger charge is -2.27. The minimum Gasteiger partial charge on any atom is -0.444 e. The number of carbonyl (C=O) groups is 1. The molecule has 0 aliphatic carbocycles. The van der Waals surface area contributed by atoms with E-state index in [0.29, 0.717) is 0 Å². The Morgan fingerprint density at radius 2 is 2.00 bits per heavy atom. The predicted octanol–water partition coefficient (Wildman–Crippen LogP) is 3.18. The SMILES string of the molecule is COC1C(C(F)(F)F)CCN1C(=O)OCc1ccccc1. The maximum atomic E-state index is 12.8. The van der Waals surface area contributed by atoms with E-state index in [0.717, 1.165) is 17.6 Å². The van der Waals surface area contributed by atoms with E-state index in [2.05, 4.69) is 0 Å². The van der Waals surface area contributed by atoms with Gasteiger partial charge in [0.2, 0.25) is 0 Å². The van der Waals surface area contributed by atoms with E-state index in [1.165, 1.54) is 0 Å². The van der Waals surface area contributed by atoms with Crippen molar-refractivity contribution in [3.63, 3.8) is 0 Å². The highest BCUT2D eigenvalue weighted by Gasteiger charge is 2.52. The van der Waals surface area contributed by atoms with Crippen LogP contribution in [0.4, 0.5) is 18.0 Å². The maximum absolute atomic E-state index is 12.8. The largest absolute Gasteiger partial charge is 0.444 e. The van der Waals surface area contributed by atoms with Gasteiger partial charge in [-0.25, -0.2) is 4.79 Å². The van der Waals surface area contributed by atoms with Crippen LogP contribution in [0, 0.1) is 5.92 Å². The monoisotopic (exact) mass is 303 g/mol. The van der Waals surface area contributed by atoms with Gasteiger partial charge >= 0.3 is 12.3 Å². The average molecular weight is 303 g/mol. The molecule has 1 aromatic carbocycles. The van der Waals surface area contributed by atoms with Gasteiger partial charge in [-0.2, -0.15) is 13.2 Å². The van der Waals surface area contributed by atoms with Gasteiger partial charge in [0.1, 0.15) is 18.8 Å². The Kier molecular flexibility index (Phi) is 4.72. The molecule has 2 unspecified atom stereocenters. The third-order valence-electron chi connectivity index (χ3n) is 3.43. The zero-order chi connectivity index (χ0) is 15.5. The Bertz CT molecular complexity index is 478. The third-order valence-corrected chi connectivity index (χ3v) is 3.43. The molecule has 1 amide bonds. The highest BCUT2D eigenvalue weighted by Crippen LogP contribution is 2.38. The van der Waals surface area contributed by atoms with Crippen LogP contribution in [0.15, 0.2) is 30.3 Å². The molecule has 2 atom stereocenters. The lowest BCUT2D eigenvalue weighted by atomic mass is 10.1. The number of halogens is 3. The zero-order valence-corrected chi connectivity index (χ0v) is 11.5. The van der Waals surface area contributed by atoms with Crippen LogP contribution in [0.25, 0.3) is 0 Å². The molecule has 1 fully saturated rings. The van der Waals surface area contributed by atoms with E-state index in [9.17, 15) is 18.0 Å². The molecule has 0 bridgehead atoms. The number of hydrogen-bond donors (Lipinski definition) is 0. The van der Waals surface area contributed by atoms with E-state index in [1.54, 1.807) is 24.3 Å². The lowest BCUT2D eigenvalue weighted by Crippen LogP contribution is -2.43. The number of alkyl halides is 3. The molecule has 2 rings (SSSR count). The summed E-state index contributed by atoms with van der Waals surface area (Å²) in [5.74, 6) is -1.67. The minimum absolute atomic E-state index is 0.0172. The second-order valence-corrected chi connectivity index (χ2v) is 4.80. The summed E-state index contributed by atoms with van der Waals surface area (Å²) in [4.78, 5) is 12.9. The van der Waals surface area contributed by atoms with Crippen molar-refractivity contribution in [2.45, 2.75) is 25.4 Å². The first-order chi connectivity index (χ1) is 9.93. The van der Waals surface area contributed by atoms with Crippen LogP contribution < -0.4 is 0 Å². The van der Waals surface area contributed by atoms with Crippen molar-refractivity contribution in [1.82, 2.24) is 4.90 Å². The van der Waals surface area contributed by atoms with E-state index < -0.39 is 24.4 Å². The van der Waals surface area contributed by atoms with Crippen LogP contribution in [0.5, 0.6) is 0 Å². The van der Waals surface area contributed by atoms with Gasteiger partial charge in [-0.3, -0.25) is 4.90 Å². The van der Waals surface area contributed by atoms with Crippen molar-refractivity contribution in [3.8, 4) is 0 Å². The summed E-state index contributed by atoms with van der Waals surface area (Å²) in [5.41, 5.74) is 0.770. The highest BCUT2D eigenvalue weighted by molar-refractivity contribution is 5.68. The Morgan fingerprint density at radius 1 is 1.33 bits per heavy atom. The normalized spacial score (nSPS) is 22.4. The van der Waals surface area contributed by atoms with Crippen molar-refractivity contribution >= 4 is 6.09 Å². The van der Waals surface area contributed by atoms with Crippen molar-refractivity contribution in [2.24, 2.45) is 5.92 Å². The fourth-order valence-electron chi connectivity index (χ4n) is 2.38. The maximum Gasteiger partial charge on any atom is 0.412 e. The summed E-state index contributed by atoms with van der Waals surface area (Å²) in [6.45, 7) is -0.0143. The molecule has 4 nitrogen and oxygen atoms in total. The number of rotatable bonds is 3. The standard InChI is InChI=1S/C14H16F3NO3/c1-20-12-11(14(15,16)17)7-8-18(12)13(19)21-9-10-5-3-2-4-6-10/h2-6,11-12H,7-9H2,1H3. The zero-order valence-electron chi connectivity index (χ0n) is 11.5. The summed E-state index contributed by atoms with van der Waals surface area (Å²) in [6, 6.07) is 8.93. The predicted molar refractivity (Wildman–Crippen MR) is 68.3 cm³/mol. The third kappa shape index (κ3) is 3.66. The van der Waals surface area contributed by atoms with Gasteiger partial charge in [-0.1, -0.05) is 30.3 Å². The van der Waals surface area contributed by atoms with Gasteiger partial charge in [0.25, 0.3) is 0 Å². The van der Waals surface area contributed by atoms with Gasteiger partial charge in [-0.05, 0) is 12.0 Å². The molecular weight excluding hydrogens is 287 g/mol. The van der Waals surface area contributed by atoms with Gasteiger partial charge in [0, 0.05) is 13.7 Å². The number of hydrogen-bond acceptors (Lipinski definition) is 3. The molecule has 1 aromatic rings. The Hall–Kier alpha value is -1.76. The Morgan fingerprint density at radius 3 is 2.57 bits per heavy atom. The topological polar surface area (TPSA) is 38.8 Å². The number of methoxy groups -OCH3 is 1. The van der Waals surface area contributed by atoms with Crippen molar-refractivity contribution in [3.05, 3.63) is 35.9 Å². The van der Waals surface area contributed by atoms with Crippen molar-refractivity contribution in [1.29, 1.82) is 0 Å². The summed E-state index contributed by atoms with van der Waals surface area (Å²) in [5, 5.41) is 0. The quantitative estimate of drug-likeness (QED) is 0.861. The fraction of sp³-hybridized carbons (Fsp3) is 0.500. The van der Waals surface area contributed by atoms with E-state index in [4.69, 9.17) is 9.47 Å². The first-order valence-corrected chi connectivity index (χ1v) is 6.50. The molecule has 0 saturated carbocycles. The van der Waals surface area contributed by atoms with Crippen LogP contribution in [-0.2, 0) is 16.1 Å². The minimum atomic E-state index is -4.39. The van der Waals surface area contributed by atoms with Crippen molar-refractivity contribution < 1.29 is 27.4 Å². The van der Waals surface area contributed by atoms with Gasteiger partial charge in [0.15, 0.2) is 0 Å². The summed E-state index contributed by atoms with van der Waals surface area (Å²) in [7, 11) is 1.16. The number of nitrogens with zero attached hydrogens (tertiary/aromatic N) is 1. The van der Waals surface area contributed by atoms with Crippen molar-refractivity contribution in [2.75, 3.05) is 13.7 Å². The fourth-order valence-corrected chi connectivity index (χ4v) is 2.38. The molecular formula is C14H16F3NO3. The lowest BCUT2D eigenvalue weighted by molar-refractivity contribution is -0.207. The summed E-state index contributed by atoms with van der Waals surface area (Å²) in [6.07, 6.45) is -6.69. The molecule has 0 spiro atoms. The summed E-state index contributed by atoms with van der Waals surface area (Å²) < 4.78 is 48.4. The molecule has 1 heterocycles. The number of likely N-dealkylation sites (tertiary alicyclic amines) is 1. The first-order valence-electron chi connectivity index (χ1n) is 6.50. The number of amides is 1. The molecule has 1 aliphatic rings. The van der Waals surface area contributed by atoms with Gasteiger partial charge in [-0.15, -0.1) is 0 Å². The number of carbonyl (C=O) groups excluding carboxylic acids is 1. The number of ether oxygens (including phenoxy) is 2. The average Bonchev–Trinajstić information content (AvgIpc) is 2.90. The van der Waals surface area contributed by atoms with Crippen LogP contribution >= 0.6 is 0 Å². The van der Waals surface area contributed by atoms with Gasteiger partial charge in [0.05, 0.1) is 0 Å². The second-order valence-electron chi connectivity index (χ2n) is 4.80. The van der Waals surface area contributed by atoms with E-state index in [-0.39, 0.29) is 19.6 Å². The molecule has 116 valence electrons. The first kappa shape index (κ1) is 15.6. The van der Waals surface area contributed by atoms with Crippen LogP contribution in [0.3, 0.4) is 0 Å². The molecule has 1 saturated heterocycles. The summed E-state index contributed by atoms with van der Waals surface area (Å²) >= 11 is 0. The smallest absolute Gasteiger partial charge is 0.412 e. The van der Waals surface area contributed by atoms with Gasteiger partial charge < -0.3 is 9.47 Å². The van der Waals surface area contributed by atoms with E-state index in [1.807, 2.05) is 6.07 Å². The molecule has 21 heavy (non-hydrogen) atoms. The molecule has 1 aliphatic heterocycles. The van der Waals surface area contributed by atoms with Crippen LogP contribution in [0.2, 0.25) is 0 Å². The molecule has 0 aromatic heterocycles. The molecule has 0 radical (unpaired) electrons. The Labute approximate surface area is 120 Å².